The second-order valence-corrected chi connectivity index (χ2v) is 4.24. The molecule has 0 amide bonds. The Labute approximate surface area is 166 Å². The first kappa shape index (κ1) is 21.1. The van der Waals surface area contributed by atoms with Crippen molar-refractivity contribution in [3.63, 3.8) is 0 Å². The van der Waals surface area contributed by atoms with Gasteiger partial charge in [0.15, 0.2) is 0 Å². The molecule has 116 valence electrons. The molecule has 0 fully saturated rings. The number of benzene rings is 1. The van der Waals surface area contributed by atoms with Crippen LogP contribution in [0.1, 0.15) is 44.0 Å². The molecular weight excluding hydrogens is 404 g/mol. The van der Waals surface area contributed by atoms with Gasteiger partial charge in [-0.15, -0.1) is 0 Å². The molecule has 0 spiro atoms. The molecule has 0 aliphatic heterocycles. The molecule has 1 aromatic rings. The van der Waals surface area contributed by atoms with Crippen molar-refractivity contribution in [1.29, 1.82) is 0 Å². The minimum atomic E-state index is -0.421. The molecule has 0 unspecified atom stereocenters. The summed E-state index contributed by atoms with van der Waals surface area (Å²) in [5, 5.41) is 9.17. The largest absolute Gasteiger partial charge is 0.508 e. The molecule has 1 N–H and O–H groups in total. The molecule has 1 aliphatic carbocycles. The van der Waals surface area contributed by atoms with Gasteiger partial charge in [-0.2, -0.15) is 0 Å². The number of ether oxygens (including phenoxy) is 1. The molecule has 1 aliphatic rings. The molecule has 0 heterocycles. The van der Waals surface area contributed by atoms with E-state index >= 15 is 0 Å². The van der Waals surface area contributed by atoms with Crippen LogP contribution in [0.15, 0.2) is 59.9 Å². The minimum Gasteiger partial charge on any atom is -0.508 e. The maximum absolute atomic E-state index is 11.9. The van der Waals surface area contributed by atoms with Crippen LogP contribution in [0.3, 0.4) is 0 Å². The van der Waals surface area contributed by atoms with Crippen LogP contribution < -0.4 is 0 Å². The Morgan fingerprint density at radius 2 is 1.77 bits per heavy atom. The Morgan fingerprint density at radius 3 is 2.36 bits per heavy atom. The van der Waals surface area contributed by atoms with Crippen molar-refractivity contribution in [3.05, 3.63) is 65.5 Å². The van der Waals surface area contributed by atoms with Crippen LogP contribution >= 0.6 is 0 Å². The van der Waals surface area contributed by atoms with Gasteiger partial charge in [0.2, 0.25) is 0 Å². The number of carbonyl (C=O) groups is 1. The second-order valence-electron chi connectivity index (χ2n) is 4.24. The summed E-state index contributed by atoms with van der Waals surface area (Å²) in [6.07, 6.45) is 9.47. The average molecular weight is 426 g/mol. The molecular formula is C18H22CeO3. The third-order valence-electron chi connectivity index (χ3n) is 2.88. The first-order valence-electron chi connectivity index (χ1n) is 7.27. The molecule has 0 aromatic heterocycles. The number of carbonyl (C=O) groups excluding carboxylic acids is 1. The molecule has 0 bridgehead atoms. The van der Waals surface area contributed by atoms with Crippen molar-refractivity contribution in [2.45, 2.75) is 33.6 Å². The molecule has 3 nitrogen and oxygen atoms in total. The van der Waals surface area contributed by atoms with Gasteiger partial charge in [0.05, 0.1) is 5.56 Å². The third kappa shape index (κ3) is 6.90. The molecule has 0 saturated heterocycles. The average Bonchev–Trinajstić information content (AvgIpc) is 2.75. The van der Waals surface area contributed by atoms with E-state index in [1.807, 2.05) is 26.0 Å². The summed E-state index contributed by atoms with van der Waals surface area (Å²) in [6.45, 7) is 6.09. The maximum Gasteiger partial charge on any atom is 0.343 e. The van der Waals surface area contributed by atoms with Crippen LogP contribution in [0, 0.1) is 41.7 Å². The summed E-state index contributed by atoms with van der Waals surface area (Å²) in [7, 11) is 0. The smallest absolute Gasteiger partial charge is 0.343 e. The van der Waals surface area contributed by atoms with E-state index in [1.165, 1.54) is 29.8 Å². The van der Waals surface area contributed by atoms with E-state index < -0.39 is 5.97 Å². The number of phenols is 1. The molecule has 0 atom stereocenters. The Bertz CT molecular complexity index is 554. The van der Waals surface area contributed by atoms with Crippen LogP contribution in [0.4, 0.5) is 0 Å². The summed E-state index contributed by atoms with van der Waals surface area (Å²) >= 11 is 0. The van der Waals surface area contributed by atoms with E-state index in [0.717, 1.165) is 12.8 Å². The molecule has 0 saturated carbocycles. The van der Waals surface area contributed by atoms with E-state index in [4.69, 9.17) is 4.74 Å². The molecule has 2 rings (SSSR count). The van der Waals surface area contributed by atoms with Gasteiger partial charge in [-0.05, 0) is 49.3 Å². The number of allylic oxidation sites excluding steroid dienone is 5. The quantitative estimate of drug-likeness (QED) is 0.710. The van der Waals surface area contributed by atoms with Crippen molar-refractivity contribution in [2.24, 2.45) is 0 Å². The fourth-order valence-corrected chi connectivity index (χ4v) is 1.75. The van der Waals surface area contributed by atoms with Gasteiger partial charge in [0, 0.05) is 41.7 Å². The predicted octanol–water partition coefficient (Wildman–Crippen LogP) is 4.76. The summed E-state index contributed by atoms with van der Waals surface area (Å²) in [4.78, 5) is 11.9. The Morgan fingerprint density at radius 1 is 1.14 bits per heavy atom. The fraction of sp³-hybridized carbons (Fsp3) is 0.278. The molecule has 22 heavy (non-hydrogen) atoms. The summed E-state index contributed by atoms with van der Waals surface area (Å²) < 4.78 is 5.31. The van der Waals surface area contributed by atoms with Gasteiger partial charge in [0.1, 0.15) is 11.5 Å². The standard InChI is InChI=1S/C16H16O3.C2H6.Ce/c1-2-12-4-3-5-15(11-6-12)19-16(18)13-7-9-14(17)10-8-13;1-2;/h4-11,17H,2-3H2,1H3;1-2H3;. The van der Waals surface area contributed by atoms with Crippen LogP contribution in [0.2, 0.25) is 0 Å². The van der Waals surface area contributed by atoms with Crippen molar-refractivity contribution >= 4 is 5.97 Å². The number of hydrogen-bond acceptors (Lipinski definition) is 3. The zero-order valence-electron chi connectivity index (χ0n) is 13.3. The van der Waals surface area contributed by atoms with Crippen molar-refractivity contribution < 1.29 is 56.4 Å². The number of hydrogen-bond donors (Lipinski definition) is 1. The zero-order chi connectivity index (χ0) is 15.7. The zero-order valence-corrected chi connectivity index (χ0v) is 16.4. The summed E-state index contributed by atoms with van der Waals surface area (Å²) in [5.74, 6) is 0.260. The van der Waals surface area contributed by atoms with Gasteiger partial charge < -0.3 is 9.84 Å². The Balaban J connectivity index is 0.00000141. The van der Waals surface area contributed by atoms with Crippen molar-refractivity contribution in [3.8, 4) is 5.75 Å². The Hall–Kier alpha value is -0.913. The van der Waals surface area contributed by atoms with E-state index in [2.05, 4.69) is 13.0 Å². The van der Waals surface area contributed by atoms with Crippen molar-refractivity contribution in [2.75, 3.05) is 0 Å². The van der Waals surface area contributed by atoms with E-state index in [-0.39, 0.29) is 47.5 Å². The Kier molecular flexibility index (Phi) is 11.1. The number of esters is 1. The van der Waals surface area contributed by atoms with Gasteiger partial charge in [-0.1, -0.05) is 38.5 Å². The van der Waals surface area contributed by atoms with Gasteiger partial charge >= 0.3 is 5.97 Å². The topological polar surface area (TPSA) is 46.5 Å². The van der Waals surface area contributed by atoms with E-state index in [9.17, 15) is 9.90 Å². The molecule has 1 aromatic carbocycles. The summed E-state index contributed by atoms with van der Waals surface area (Å²) in [5.41, 5.74) is 1.65. The number of rotatable bonds is 3. The first-order chi connectivity index (χ1) is 10.2. The maximum atomic E-state index is 11.9. The van der Waals surface area contributed by atoms with Crippen LogP contribution in [0.5, 0.6) is 5.75 Å². The minimum absolute atomic E-state index is 0. The SMILES string of the molecule is CC.CCC1=CCC=C(OC(=O)c2ccc(O)cc2)C=C1.[Ce]. The monoisotopic (exact) mass is 426 g/mol. The van der Waals surface area contributed by atoms with Gasteiger partial charge in [-0.3, -0.25) is 0 Å². The van der Waals surface area contributed by atoms with E-state index in [1.54, 1.807) is 6.08 Å². The van der Waals surface area contributed by atoms with Crippen LogP contribution in [-0.4, -0.2) is 11.1 Å². The molecule has 0 radical (unpaired) electrons. The first-order valence-corrected chi connectivity index (χ1v) is 7.27. The van der Waals surface area contributed by atoms with Crippen LogP contribution in [0.25, 0.3) is 0 Å². The molecule has 4 heteroatoms. The number of phenolic OH excluding ortho intramolecular Hbond substituents is 1. The fourth-order valence-electron chi connectivity index (χ4n) is 1.75. The predicted molar refractivity (Wildman–Crippen MR) is 85.1 cm³/mol. The second kappa shape index (κ2) is 11.6. The summed E-state index contributed by atoms with van der Waals surface area (Å²) in [6, 6.07) is 6.00. The van der Waals surface area contributed by atoms with Gasteiger partial charge in [-0.25, -0.2) is 4.79 Å². The van der Waals surface area contributed by atoms with Crippen LogP contribution in [-0.2, 0) is 4.74 Å². The normalized spacial score (nSPS) is 12.7. The van der Waals surface area contributed by atoms with E-state index in [0.29, 0.717) is 11.3 Å². The van der Waals surface area contributed by atoms with Gasteiger partial charge in [0.25, 0.3) is 0 Å². The van der Waals surface area contributed by atoms with Crippen molar-refractivity contribution in [1.82, 2.24) is 0 Å². The third-order valence-corrected chi connectivity index (χ3v) is 2.88. The number of aromatic hydroxyl groups is 1.